The van der Waals surface area contributed by atoms with Crippen LogP contribution in [0.15, 0.2) is 12.1 Å². The number of nitro groups is 1. The Morgan fingerprint density at radius 1 is 1.33 bits per heavy atom. The topological polar surface area (TPSA) is 87.9 Å². The standard InChI is InChI=1S/C15H20F3N3O4.2ClH/c1-25-13-9-10(21(23)24)8-11(14(13)22)12(2-3-15(16,17)18)20-6-4-19-5-7-20;;/h8-9,12,19,22H,2-7H2,1H3;2*1H/t12-;;/m1../s1. The zero-order valence-corrected chi connectivity index (χ0v) is 16.1. The van der Waals surface area contributed by atoms with E-state index in [4.69, 9.17) is 4.74 Å². The van der Waals surface area contributed by atoms with E-state index < -0.39 is 23.6 Å². The molecule has 2 N–H and O–H groups in total. The third-order valence-corrected chi connectivity index (χ3v) is 4.17. The Hall–Kier alpha value is -1.49. The fourth-order valence-electron chi connectivity index (χ4n) is 2.96. The molecule has 27 heavy (non-hydrogen) atoms. The van der Waals surface area contributed by atoms with Crippen molar-refractivity contribution in [1.29, 1.82) is 0 Å². The number of non-ortho nitro benzene ring substituents is 1. The number of nitrogens with zero attached hydrogens (tertiary/aromatic N) is 2. The fraction of sp³-hybridized carbons (Fsp3) is 0.600. The average molecular weight is 436 g/mol. The molecule has 1 atom stereocenters. The van der Waals surface area contributed by atoms with Crippen LogP contribution in [0.25, 0.3) is 0 Å². The summed E-state index contributed by atoms with van der Waals surface area (Å²) in [6.45, 7) is 2.14. The van der Waals surface area contributed by atoms with E-state index in [9.17, 15) is 28.4 Å². The number of hydrogen-bond donors (Lipinski definition) is 2. The Bertz CT molecular complexity index is 629. The van der Waals surface area contributed by atoms with Gasteiger partial charge < -0.3 is 15.2 Å². The van der Waals surface area contributed by atoms with Gasteiger partial charge in [-0.2, -0.15) is 13.2 Å². The number of nitro benzene ring substituents is 1. The van der Waals surface area contributed by atoms with Crippen LogP contribution in [0.5, 0.6) is 11.5 Å². The number of piperazine rings is 1. The quantitative estimate of drug-likeness (QED) is 0.525. The van der Waals surface area contributed by atoms with Crippen LogP contribution in [0, 0.1) is 10.1 Å². The van der Waals surface area contributed by atoms with Crippen LogP contribution in [0.4, 0.5) is 18.9 Å². The molecule has 156 valence electrons. The van der Waals surface area contributed by atoms with Gasteiger partial charge in [0.25, 0.3) is 5.69 Å². The number of hydrogen-bond acceptors (Lipinski definition) is 6. The molecule has 0 amide bonds. The van der Waals surface area contributed by atoms with Gasteiger partial charge >= 0.3 is 6.18 Å². The Morgan fingerprint density at radius 2 is 1.93 bits per heavy atom. The van der Waals surface area contributed by atoms with Crippen molar-refractivity contribution >= 4 is 30.5 Å². The van der Waals surface area contributed by atoms with E-state index in [2.05, 4.69) is 5.32 Å². The first-order valence-electron chi connectivity index (χ1n) is 7.79. The SMILES string of the molecule is COc1cc([N+](=O)[O-])cc([C@@H](CCC(F)(F)F)N2CCNCC2)c1O.Cl.Cl. The molecule has 0 spiro atoms. The molecule has 1 saturated heterocycles. The summed E-state index contributed by atoms with van der Waals surface area (Å²) in [5.41, 5.74) is -0.256. The van der Waals surface area contributed by atoms with Crippen molar-refractivity contribution in [2.45, 2.75) is 25.1 Å². The average Bonchev–Trinajstić information content (AvgIpc) is 2.56. The third kappa shape index (κ3) is 6.87. The molecule has 0 radical (unpaired) electrons. The highest BCUT2D eigenvalue weighted by molar-refractivity contribution is 5.85. The van der Waals surface area contributed by atoms with Gasteiger partial charge in [-0.15, -0.1) is 24.8 Å². The molecule has 0 saturated carbocycles. The molecule has 1 heterocycles. The summed E-state index contributed by atoms with van der Waals surface area (Å²) in [5.74, 6) is -0.491. The molecular formula is C15H22Cl2F3N3O4. The van der Waals surface area contributed by atoms with Gasteiger partial charge in [0.2, 0.25) is 0 Å². The maximum absolute atomic E-state index is 12.7. The van der Waals surface area contributed by atoms with Crippen molar-refractivity contribution in [2.24, 2.45) is 0 Å². The van der Waals surface area contributed by atoms with Crippen molar-refractivity contribution in [3.8, 4) is 11.5 Å². The van der Waals surface area contributed by atoms with E-state index in [1.807, 2.05) is 0 Å². The van der Waals surface area contributed by atoms with Crippen molar-refractivity contribution < 1.29 is 27.9 Å². The predicted molar refractivity (Wildman–Crippen MR) is 98.3 cm³/mol. The largest absolute Gasteiger partial charge is 0.504 e. The lowest BCUT2D eigenvalue weighted by atomic mass is 9.97. The summed E-state index contributed by atoms with van der Waals surface area (Å²) in [6.07, 6.45) is -5.71. The maximum atomic E-state index is 12.7. The van der Waals surface area contributed by atoms with E-state index in [-0.39, 0.29) is 54.0 Å². The van der Waals surface area contributed by atoms with Gasteiger partial charge in [-0.25, -0.2) is 0 Å². The molecule has 1 fully saturated rings. The second-order valence-electron chi connectivity index (χ2n) is 5.80. The minimum absolute atomic E-state index is 0. The summed E-state index contributed by atoms with van der Waals surface area (Å²) in [4.78, 5) is 12.2. The smallest absolute Gasteiger partial charge is 0.389 e. The van der Waals surface area contributed by atoms with E-state index >= 15 is 0 Å². The molecular weight excluding hydrogens is 414 g/mol. The Labute approximate surface area is 166 Å². The lowest BCUT2D eigenvalue weighted by Gasteiger charge is -2.35. The highest BCUT2D eigenvalue weighted by Gasteiger charge is 2.33. The first-order chi connectivity index (χ1) is 11.7. The van der Waals surface area contributed by atoms with Gasteiger partial charge in [-0.1, -0.05) is 0 Å². The van der Waals surface area contributed by atoms with Crippen molar-refractivity contribution in [2.75, 3.05) is 33.3 Å². The number of rotatable bonds is 6. The molecule has 1 aliphatic rings. The van der Waals surface area contributed by atoms with Crippen LogP contribution in [0.2, 0.25) is 0 Å². The zero-order valence-electron chi connectivity index (χ0n) is 14.5. The first kappa shape index (κ1) is 25.5. The maximum Gasteiger partial charge on any atom is 0.389 e. The summed E-state index contributed by atoms with van der Waals surface area (Å²) in [6, 6.07) is 1.38. The zero-order chi connectivity index (χ0) is 18.6. The van der Waals surface area contributed by atoms with E-state index in [0.29, 0.717) is 26.2 Å². The van der Waals surface area contributed by atoms with E-state index in [1.165, 1.54) is 7.11 Å². The van der Waals surface area contributed by atoms with Gasteiger partial charge in [-0.3, -0.25) is 15.0 Å². The summed E-state index contributed by atoms with van der Waals surface area (Å²) in [5, 5.41) is 24.6. The second kappa shape index (κ2) is 10.7. The van der Waals surface area contributed by atoms with Gasteiger partial charge in [0.1, 0.15) is 0 Å². The molecule has 2 rings (SSSR count). The molecule has 0 unspecified atom stereocenters. The summed E-state index contributed by atoms with van der Waals surface area (Å²) >= 11 is 0. The number of phenols is 1. The molecule has 0 aliphatic carbocycles. The summed E-state index contributed by atoms with van der Waals surface area (Å²) < 4.78 is 43.1. The normalized spacial score (nSPS) is 16.0. The number of phenolic OH excluding ortho intramolecular Hbond substituents is 1. The van der Waals surface area contributed by atoms with Crippen molar-refractivity contribution in [1.82, 2.24) is 10.2 Å². The first-order valence-corrected chi connectivity index (χ1v) is 7.79. The van der Waals surface area contributed by atoms with Crippen LogP contribution >= 0.6 is 24.8 Å². The third-order valence-electron chi connectivity index (χ3n) is 4.17. The fourth-order valence-corrected chi connectivity index (χ4v) is 2.96. The van der Waals surface area contributed by atoms with Crippen LogP contribution in [-0.4, -0.2) is 54.4 Å². The number of ether oxygens (including phenoxy) is 1. The van der Waals surface area contributed by atoms with Crippen molar-refractivity contribution in [3.63, 3.8) is 0 Å². The van der Waals surface area contributed by atoms with Gasteiger partial charge in [-0.05, 0) is 6.42 Å². The molecule has 7 nitrogen and oxygen atoms in total. The number of methoxy groups -OCH3 is 1. The van der Waals surface area contributed by atoms with E-state index in [1.54, 1.807) is 4.90 Å². The van der Waals surface area contributed by atoms with Gasteiger partial charge in [0.15, 0.2) is 11.5 Å². The predicted octanol–water partition coefficient (Wildman–Crippen LogP) is 3.44. The van der Waals surface area contributed by atoms with Crippen LogP contribution in [-0.2, 0) is 0 Å². The number of halogens is 5. The summed E-state index contributed by atoms with van der Waals surface area (Å²) in [7, 11) is 1.23. The van der Waals surface area contributed by atoms with Crippen LogP contribution in [0.3, 0.4) is 0 Å². The highest BCUT2D eigenvalue weighted by atomic mass is 35.5. The lowest BCUT2D eigenvalue weighted by molar-refractivity contribution is -0.385. The minimum atomic E-state index is -4.35. The molecule has 12 heteroatoms. The molecule has 1 aromatic rings. The number of aromatic hydroxyl groups is 1. The highest BCUT2D eigenvalue weighted by Crippen LogP contribution is 2.42. The molecule has 0 aromatic heterocycles. The Kier molecular flexibility index (Phi) is 10.2. The Morgan fingerprint density at radius 3 is 2.41 bits per heavy atom. The van der Waals surface area contributed by atoms with Crippen molar-refractivity contribution in [3.05, 3.63) is 27.8 Å². The van der Waals surface area contributed by atoms with Crippen LogP contribution in [0.1, 0.15) is 24.4 Å². The lowest BCUT2D eigenvalue weighted by Crippen LogP contribution is -2.45. The Balaban J connectivity index is 0.00000338. The monoisotopic (exact) mass is 435 g/mol. The number of nitrogens with one attached hydrogen (secondary N) is 1. The van der Waals surface area contributed by atoms with Gasteiger partial charge in [0.05, 0.1) is 18.1 Å². The second-order valence-corrected chi connectivity index (χ2v) is 5.80. The molecule has 1 aliphatic heterocycles. The van der Waals surface area contributed by atoms with E-state index in [0.717, 1.165) is 12.1 Å². The minimum Gasteiger partial charge on any atom is -0.504 e. The van der Waals surface area contributed by atoms with Gasteiger partial charge in [0, 0.05) is 50.3 Å². The number of benzene rings is 1. The van der Waals surface area contributed by atoms with Crippen LogP contribution < -0.4 is 10.1 Å². The molecule has 0 bridgehead atoms. The number of alkyl halides is 3. The molecule has 1 aromatic carbocycles.